The van der Waals surface area contributed by atoms with Gasteiger partial charge in [0.1, 0.15) is 5.75 Å². The van der Waals surface area contributed by atoms with E-state index in [1.54, 1.807) is 46.5 Å². The maximum absolute atomic E-state index is 12.9. The van der Waals surface area contributed by atoms with Crippen molar-refractivity contribution in [2.45, 2.75) is 25.2 Å². The normalized spacial score (nSPS) is 10.6. The SMILES string of the molecule is CCn1c(SCC(=O)N(C)Cc2ccc(OC)c(OC)c2OC)nnc1-c1ccc(OC)cc1. The van der Waals surface area contributed by atoms with Crippen LogP contribution in [-0.4, -0.2) is 66.8 Å². The first kappa shape index (κ1) is 25.2. The Kier molecular flexibility index (Phi) is 8.64. The first-order chi connectivity index (χ1) is 16.5. The van der Waals surface area contributed by atoms with Crippen LogP contribution >= 0.6 is 11.8 Å². The Morgan fingerprint density at radius 2 is 1.65 bits per heavy atom. The molecule has 182 valence electrons. The third-order valence-electron chi connectivity index (χ3n) is 5.33. The molecule has 3 rings (SSSR count). The van der Waals surface area contributed by atoms with Gasteiger partial charge in [-0.05, 0) is 43.3 Å². The van der Waals surface area contributed by atoms with Gasteiger partial charge in [0.05, 0.1) is 34.2 Å². The van der Waals surface area contributed by atoms with Crippen LogP contribution in [0.15, 0.2) is 41.6 Å². The molecule has 0 saturated carbocycles. The van der Waals surface area contributed by atoms with E-state index in [1.165, 1.54) is 11.8 Å². The highest BCUT2D eigenvalue weighted by molar-refractivity contribution is 7.99. The summed E-state index contributed by atoms with van der Waals surface area (Å²) in [6.45, 7) is 3.07. The van der Waals surface area contributed by atoms with Gasteiger partial charge in [-0.1, -0.05) is 11.8 Å². The monoisotopic (exact) mass is 486 g/mol. The number of hydrogen-bond donors (Lipinski definition) is 0. The molecule has 10 heteroatoms. The average molecular weight is 487 g/mol. The van der Waals surface area contributed by atoms with Gasteiger partial charge in [0.15, 0.2) is 22.5 Å². The third kappa shape index (κ3) is 5.39. The molecule has 1 aromatic heterocycles. The number of carbonyl (C=O) groups is 1. The van der Waals surface area contributed by atoms with Crippen LogP contribution < -0.4 is 18.9 Å². The molecular formula is C24H30N4O5S. The number of benzene rings is 2. The summed E-state index contributed by atoms with van der Waals surface area (Å²) in [5, 5.41) is 9.35. The van der Waals surface area contributed by atoms with Crippen LogP contribution in [0.2, 0.25) is 0 Å². The molecule has 0 bridgehead atoms. The van der Waals surface area contributed by atoms with Crippen LogP contribution in [0, 0.1) is 0 Å². The van der Waals surface area contributed by atoms with Crippen LogP contribution in [0.3, 0.4) is 0 Å². The molecule has 0 spiro atoms. The highest BCUT2D eigenvalue weighted by Gasteiger charge is 2.20. The minimum absolute atomic E-state index is 0.0431. The standard InChI is InChI=1S/C24H30N4O5S/c1-7-28-23(16-8-11-18(30-3)12-9-16)25-26-24(28)34-15-20(29)27(2)14-17-10-13-19(31-4)22(33-6)21(17)32-5/h8-13H,7,14-15H2,1-6H3. The van der Waals surface area contributed by atoms with Gasteiger partial charge >= 0.3 is 0 Å². The summed E-state index contributed by atoms with van der Waals surface area (Å²) >= 11 is 1.36. The van der Waals surface area contributed by atoms with E-state index in [9.17, 15) is 4.79 Å². The van der Waals surface area contributed by atoms with Crippen LogP contribution in [0.25, 0.3) is 11.4 Å². The summed E-state index contributed by atoms with van der Waals surface area (Å²) in [7, 11) is 8.08. The largest absolute Gasteiger partial charge is 0.497 e. The van der Waals surface area contributed by atoms with Gasteiger partial charge in [-0.15, -0.1) is 10.2 Å². The molecular weight excluding hydrogens is 456 g/mol. The summed E-state index contributed by atoms with van der Waals surface area (Å²) in [6, 6.07) is 11.3. The van der Waals surface area contributed by atoms with Crippen LogP contribution in [0.1, 0.15) is 12.5 Å². The fraction of sp³-hybridized carbons (Fsp3) is 0.375. The molecule has 9 nitrogen and oxygen atoms in total. The average Bonchev–Trinajstić information content (AvgIpc) is 3.29. The minimum Gasteiger partial charge on any atom is -0.497 e. The van der Waals surface area contributed by atoms with Crippen molar-refractivity contribution < 1.29 is 23.7 Å². The number of carbonyl (C=O) groups excluding carboxylic acids is 1. The van der Waals surface area contributed by atoms with E-state index in [1.807, 2.05) is 41.8 Å². The smallest absolute Gasteiger partial charge is 0.233 e. The van der Waals surface area contributed by atoms with Crippen molar-refractivity contribution in [2.24, 2.45) is 0 Å². The highest BCUT2D eigenvalue weighted by atomic mass is 32.2. The summed E-state index contributed by atoms with van der Waals surface area (Å²) in [6.07, 6.45) is 0. The maximum Gasteiger partial charge on any atom is 0.233 e. The number of ether oxygens (including phenoxy) is 4. The van der Waals surface area contributed by atoms with Crippen molar-refractivity contribution in [3.63, 3.8) is 0 Å². The second-order valence-electron chi connectivity index (χ2n) is 7.31. The maximum atomic E-state index is 12.9. The van der Waals surface area contributed by atoms with Gasteiger partial charge in [0.25, 0.3) is 0 Å². The van der Waals surface area contributed by atoms with E-state index >= 15 is 0 Å². The fourth-order valence-electron chi connectivity index (χ4n) is 3.50. The Morgan fingerprint density at radius 3 is 2.24 bits per heavy atom. The minimum atomic E-state index is -0.0431. The zero-order valence-electron chi connectivity index (χ0n) is 20.3. The molecule has 0 unspecified atom stereocenters. The number of amides is 1. The predicted octanol–water partition coefficient (Wildman–Crippen LogP) is 3.75. The molecule has 3 aromatic rings. The first-order valence-electron chi connectivity index (χ1n) is 10.7. The van der Waals surface area contributed by atoms with Crippen molar-refractivity contribution in [3.05, 3.63) is 42.0 Å². The lowest BCUT2D eigenvalue weighted by molar-refractivity contribution is -0.127. The van der Waals surface area contributed by atoms with Gasteiger partial charge in [0.2, 0.25) is 11.7 Å². The molecule has 0 radical (unpaired) electrons. The van der Waals surface area contributed by atoms with Crippen molar-refractivity contribution >= 4 is 17.7 Å². The number of rotatable bonds is 11. The lowest BCUT2D eigenvalue weighted by atomic mass is 10.1. The highest BCUT2D eigenvalue weighted by Crippen LogP contribution is 2.40. The van der Waals surface area contributed by atoms with E-state index in [4.69, 9.17) is 18.9 Å². The Morgan fingerprint density at radius 1 is 0.941 bits per heavy atom. The Bertz CT molecular complexity index is 1120. The van der Waals surface area contributed by atoms with Crippen LogP contribution in [0.4, 0.5) is 0 Å². The molecule has 2 aromatic carbocycles. The van der Waals surface area contributed by atoms with Crippen molar-refractivity contribution in [2.75, 3.05) is 41.2 Å². The van der Waals surface area contributed by atoms with E-state index in [0.717, 1.165) is 22.7 Å². The number of hydrogen-bond acceptors (Lipinski definition) is 8. The number of thioether (sulfide) groups is 1. The van der Waals surface area contributed by atoms with Gasteiger partial charge in [0, 0.05) is 31.3 Å². The quantitative estimate of drug-likeness (QED) is 0.379. The van der Waals surface area contributed by atoms with Gasteiger partial charge in [-0.2, -0.15) is 0 Å². The predicted molar refractivity (Wildman–Crippen MR) is 131 cm³/mol. The Labute approximate surface area is 204 Å². The van der Waals surface area contributed by atoms with E-state index < -0.39 is 0 Å². The van der Waals surface area contributed by atoms with E-state index in [0.29, 0.717) is 35.5 Å². The molecule has 0 aliphatic heterocycles. The molecule has 0 aliphatic rings. The molecule has 0 fully saturated rings. The second kappa shape index (κ2) is 11.6. The van der Waals surface area contributed by atoms with Gasteiger partial charge in [-0.3, -0.25) is 4.79 Å². The van der Waals surface area contributed by atoms with Crippen molar-refractivity contribution in [1.29, 1.82) is 0 Å². The van der Waals surface area contributed by atoms with Gasteiger partial charge in [-0.25, -0.2) is 0 Å². The Balaban J connectivity index is 1.69. The summed E-state index contributed by atoms with van der Waals surface area (Å²) < 4.78 is 23.5. The topological polar surface area (TPSA) is 87.9 Å². The molecule has 0 N–H and O–H groups in total. The van der Waals surface area contributed by atoms with Crippen molar-refractivity contribution in [1.82, 2.24) is 19.7 Å². The summed E-state index contributed by atoms with van der Waals surface area (Å²) in [4.78, 5) is 14.5. The molecule has 34 heavy (non-hydrogen) atoms. The van der Waals surface area contributed by atoms with Crippen molar-refractivity contribution in [3.8, 4) is 34.4 Å². The summed E-state index contributed by atoms with van der Waals surface area (Å²) in [5.41, 5.74) is 1.76. The van der Waals surface area contributed by atoms with E-state index in [-0.39, 0.29) is 11.7 Å². The summed E-state index contributed by atoms with van der Waals surface area (Å²) in [5.74, 6) is 3.33. The van der Waals surface area contributed by atoms with Crippen LogP contribution in [-0.2, 0) is 17.9 Å². The molecule has 1 heterocycles. The lowest BCUT2D eigenvalue weighted by Gasteiger charge is -2.21. The zero-order chi connectivity index (χ0) is 24.7. The number of aromatic nitrogens is 3. The van der Waals surface area contributed by atoms with Crippen LogP contribution in [0.5, 0.6) is 23.0 Å². The molecule has 0 saturated heterocycles. The molecule has 1 amide bonds. The fourth-order valence-corrected chi connectivity index (χ4v) is 4.44. The number of nitrogens with zero attached hydrogens (tertiary/aromatic N) is 4. The zero-order valence-corrected chi connectivity index (χ0v) is 21.1. The number of methoxy groups -OCH3 is 4. The van der Waals surface area contributed by atoms with Gasteiger partial charge < -0.3 is 28.4 Å². The lowest BCUT2D eigenvalue weighted by Crippen LogP contribution is -2.28. The molecule has 0 aliphatic carbocycles. The second-order valence-corrected chi connectivity index (χ2v) is 8.25. The third-order valence-corrected chi connectivity index (χ3v) is 6.28. The van der Waals surface area contributed by atoms with E-state index in [2.05, 4.69) is 10.2 Å². The Hall–Kier alpha value is -3.40. The molecule has 0 atom stereocenters. The first-order valence-corrected chi connectivity index (χ1v) is 11.7.